The van der Waals surface area contributed by atoms with E-state index in [4.69, 9.17) is 10.5 Å². The predicted molar refractivity (Wildman–Crippen MR) is 80.0 cm³/mol. The topological polar surface area (TPSA) is 38.5 Å². The SMILES string of the molecule is NCC(c1cc(F)ccc1Br)N1CCOC2CCCC21. The van der Waals surface area contributed by atoms with Gasteiger partial charge >= 0.3 is 0 Å². The largest absolute Gasteiger partial charge is 0.375 e. The molecule has 3 nitrogen and oxygen atoms in total. The summed E-state index contributed by atoms with van der Waals surface area (Å²) in [6.07, 6.45) is 3.80. The third-order valence-electron chi connectivity index (χ3n) is 4.47. The number of rotatable bonds is 3. The molecule has 3 unspecified atom stereocenters. The molecule has 2 fully saturated rings. The van der Waals surface area contributed by atoms with Crippen molar-refractivity contribution in [3.8, 4) is 0 Å². The van der Waals surface area contributed by atoms with E-state index in [9.17, 15) is 4.39 Å². The molecule has 1 aromatic carbocycles. The van der Waals surface area contributed by atoms with Crippen molar-refractivity contribution in [2.75, 3.05) is 19.7 Å². The third-order valence-corrected chi connectivity index (χ3v) is 5.19. The first-order valence-corrected chi connectivity index (χ1v) is 8.02. The molecule has 1 aliphatic heterocycles. The van der Waals surface area contributed by atoms with E-state index in [-0.39, 0.29) is 11.9 Å². The van der Waals surface area contributed by atoms with E-state index in [1.165, 1.54) is 12.5 Å². The van der Waals surface area contributed by atoms with Crippen LogP contribution in [0.1, 0.15) is 30.9 Å². The standard InChI is InChI=1S/C15H20BrFN2O/c16-12-5-4-10(17)8-11(12)14(9-18)19-6-7-20-15-3-1-2-13(15)19/h4-5,8,13-15H,1-3,6-7,9,18H2. The molecular formula is C15H20BrFN2O. The van der Waals surface area contributed by atoms with Crippen LogP contribution in [0.4, 0.5) is 4.39 Å². The molecule has 3 atom stereocenters. The van der Waals surface area contributed by atoms with Crippen molar-refractivity contribution in [3.63, 3.8) is 0 Å². The fourth-order valence-corrected chi connectivity index (χ4v) is 4.06. The van der Waals surface area contributed by atoms with E-state index in [0.717, 1.165) is 36.0 Å². The van der Waals surface area contributed by atoms with E-state index >= 15 is 0 Å². The van der Waals surface area contributed by atoms with Crippen LogP contribution in [0.25, 0.3) is 0 Å². The Morgan fingerprint density at radius 2 is 2.30 bits per heavy atom. The van der Waals surface area contributed by atoms with Gasteiger partial charge in [0.05, 0.1) is 12.7 Å². The molecule has 1 saturated carbocycles. The van der Waals surface area contributed by atoms with Gasteiger partial charge < -0.3 is 10.5 Å². The van der Waals surface area contributed by atoms with Crippen LogP contribution in [0.3, 0.4) is 0 Å². The van der Waals surface area contributed by atoms with Crippen LogP contribution < -0.4 is 5.73 Å². The number of nitrogens with zero attached hydrogens (tertiary/aromatic N) is 1. The maximum atomic E-state index is 13.6. The maximum Gasteiger partial charge on any atom is 0.123 e. The van der Waals surface area contributed by atoms with Gasteiger partial charge in [0.1, 0.15) is 5.82 Å². The normalized spacial score (nSPS) is 28.4. The van der Waals surface area contributed by atoms with Gasteiger partial charge in [-0.2, -0.15) is 0 Å². The molecule has 1 aromatic rings. The van der Waals surface area contributed by atoms with Crippen molar-refractivity contribution in [3.05, 3.63) is 34.1 Å². The molecule has 1 heterocycles. The van der Waals surface area contributed by atoms with Crippen LogP contribution in [-0.4, -0.2) is 36.7 Å². The first-order valence-electron chi connectivity index (χ1n) is 7.23. The third kappa shape index (κ3) is 2.64. The molecule has 5 heteroatoms. The molecule has 2 N–H and O–H groups in total. The highest BCUT2D eigenvalue weighted by Crippen LogP contribution is 2.37. The zero-order valence-electron chi connectivity index (χ0n) is 11.4. The number of morpholine rings is 1. The van der Waals surface area contributed by atoms with Crippen LogP contribution in [-0.2, 0) is 4.74 Å². The van der Waals surface area contributed by atoms with Crippen molar-refractivity contribution in [2.45, 2.75) is 37.5 Å². The van der Waals surface area contributed by atoms with Gasteiger partial charge in [0.2, 0.25) is 0 Å². The highest BCUT2D eigenvalue weighted by Gasteiger charge is 2.39. The molecule has 0 aromatic heterocycles. The molecule has 110 valence electrons. The van der Waals surface area contributed by atoms with Crippen molar-refractivity contribution in [1.82, 2.24) is 4.90 Å². The number of fused-ring (bicyclic) bond motifs is 1. The Kier molecular flexibility index (Phi) is 4.40. The van der Waals surface area contributed by atoms with E-state index in [2.05, 4.69) is 20.8 Å². The van der Waals surface area contributed by atoms with E-state index in [0.29, 0.717) is 18.7 Å². The number of hydrogen-bond donors (Lipinski definition) is 1. The summed E-state index contributed by atoms with van der Waals surface area (Å²) in [5.74, 6) is -0.210. The number of halogens is 2. The molecular weight excluding hydrogens is 323 g/mol. The Bertz CT molecular complexity index is 485. The lowest BCUT2D eigenvalue weighted by Crippen LogP contribution is -2.51. The lowest BCUT2D eigenvalue weighted by Gasteiger charge is -2.42. The zero-order valence-corrected chi connectivity index (χ0v) is 13.0. The minimum atomic E-state index is -0.210. The number of nitrogens with two attached hydrogens (primary N) is 1. The van der Waals surface area contributed by atoms with Gasteiger partial charge in [-0.25, -0.2) is 4.39 Å². The second kappa shape index (κ2) is 6.10. The van der Waals surface area contributed by atoms with Crippen molar-refractivity contribution in [1.29, 1.82) is 0 Å². The van der Waals surface area contributed by atoms with Gasteiger partial charge in [-0.15, -0.1) is 0 Å². The van der Waals surface area contributed by atoms with Crippen LogP contribution in [0.15, 0.2) is 22.7 Å². The van der Waals surface area contributed by atoms with Crippen molar-refractivity contribution in [2.24, 2.45) is 5.73 Å². The number of hydrogen-bond acceptors (Lipinski definition) is 3. The highest BCUT2D eigenvalue weighted by atomic mass is 79.9. The zero-order chi connectivity index (χ0) is 14.1. The van der Waals surface area contributed by atoms with Gasteiger partial charge in [-0.1, -0.05) is 15.9 Å². The quantitative estimate of drug-likeness (QED) is 0.917. The van der Waals surface area contributed by atoms with Crippen LogP contribution in [0.2, 0.25) is 0 Å². The minimum absolute atomic E-state index is 0.0505. The molecule has 1 saturated heterocycles. The van der Waals surface area contributed by atoms with Gasteiger partial charge in [-0.3, -0.25) is 4.90 Å². The second-order valence-electron chi connectivity index (χ2n) is 5.56. The van der Waals surface area contributed by atoms with E-state index in [1.807, 2.05) is 0 Å². The lowest BCUT2D eigenvalue weighted by atomic mass is 10.0. The summed E-state index contributed by atoms with van der Waals surface area (Å²) in [5.41, 5.74) is 6.96. The van der Waals surface area contributed by atoms with Crippen LogP contribution >= 0.6 is 15.9 Å². The monoisotopic (exact) mass is 342 g/mol. The molecule has 20 heavy (non-hydrogen) atoms. The first kappa shape index (κ1) is 14.4. The Hall–Kier alpha value is -0.490. The first-order chi connectivity index (χ1) is 9.70. The summed E-state index contributed by atoms with van der Waals surface area (Å²) in [6.45, 7) is 2.10. The molecule has 1 aliphatic carbocycles. The summed E-state index contributed by atoms with van der Waals surface area (Å²) >= 11 is 3.53. The molecule has 0 spiro atoms. The minimum Gasteiger partial charge on any atom is -0.375 e. The molecule has 0 radical (unpaired) electrons. The lowest BCUT2D eigenvalue weighted by molar-refractivity contribution is -0.0712. The summed E-state index contributed by atoms with van der Waals surface area (Å²) < 4.78 is 20.3. The Morgan fingerprint density at radius 1 is 1.45 bits per heavy atom. The van der Waals surface area contributed by atoms with Crippen molar-refractivity contribution < 1.29 is 9.13 Å². The van der Waals surface area contributed by atoms with Crippen LogP contribution in [0, 0.1) is 5.82 Å². The van der Waals surface area contributed by atoms with Gasteiger partial charge in [0, 0.05) is 29.6 Å². The molecule has 0 amide bonds. The fourth-order valence-electron chi connectivity index (χ4n) is 3.55. The number of ether oxygens (including phenoxy) is 1. The number of benzene rings is 1. The summed E-state index contributed by atoms with van der Waals surface area (Å²) in [5, 5.41) is 0. The maximum absolute atomic E-state index is 13.6. The molecule has 0 bridgehead atoms. The summed E-state index contributed by atoms with van der Waals surface area (Å²) in [6, 6.07) is 5.31. The second-order valence-corrected chi connectivity index (χ2v) is 6.42. The van der Waals surface area contributed by atoms with Gasteiger partial charge in [-0.05, 0) is 43.0 Å². The fraction of sp³-hybridized carbons (Fsp3) is 0.600. The van der Waals surface area contributed by atoms with E-state index < -0.39 is 0 Å². The summed E-state index contributed by atoms with van der Waals surface area (Å²) in [4.78, 5) is 2.42. The van der Waals surface area contributed by atoms with Gasteiger partial charge in [0.15, 0.2) is 0 Å². The summed E-state index contributed by atoms with van der Waals surface area (Å²) in [7, 11) is 0. The predicted octanol–water partition coefficient (Wildman–Crippen LogP) is 2.84. The van der Waals surface area contributed by atoms with Crippen molar-refractivity contribution >= 4 is 15.9 Å². The highest BCUT2D eigenvalue weighted by molar-refractivity contribution is 9.10. The molecule has 2 aliphatic rings. The Morgan fingerprint density at radius 3 is 3.10 bits per heavy atom. The average molecular weight is 343 g/mol. The molecule has 3 rings (SSSR count). The average Bonchev–Trinajstić information content (AvgIpc) is 2.92. The van der Waals surface area contributed by atoms with Gasteiger partial charge in [0.25, 0.3) is 0 Å². The smallest absolute Gasteiger partial charge is 0.123 e. The van der Waals surface area contributed by atoms with Crippen LogP contribution in [0.5, 0.6) is 0 Å². The Balaban J connectivity index is 1.90. The Labute approximate surface area is 127 Å². The van der Waals surface area contributed by atoms with E-state index in [1.54, 1.807) is 12.1 Å².